The Morgan fingerprint density at radius 2 is 1.00 bits per heavy atom. The fourth-order valence-corrected chi connectivity index (χ4v) is 2.03. The number of alkyl halides is 2. The zero-order valence-corrected chi connectivity index (χ0v) is 12.4. The third-order valence-electron chi connectivity index (χ3n) is 2.91. The van der Waals surface area contributed by atoms with Gasteiger partial charge in [-0.2, -0.15) is 0 Å². The Labute approximate surface area is 124 Å². The van der Waals surface area contributed by atoms with Gasteiger partial charge in [-0.3, -0.25) is 0 Å². The lowest BCUT2D eigenvalue weighted by molar-refractivity contribution is 0.482. The second-order valence-corrected chi connectivity index (χ2v) is 5.78. The summed E-state index contributed by atoms with van der Waals surface area (Å²) < 4.78 is 5.76. The lowest BCUT2D eigenvalue weighted by atomic mass is 10.1. The van der Waals surface area contributed by atoms with Crippen molar-refractivity contribution in [1.29, 1.82) is 0 Å². The van der Waals surface area contributed by atoms with Crippen molar-refractivity contribution in [3.8, 4) is 11.5 Å². The highest BCUT2D eigenvalue weighted by Gasteiger charge is 2.03. The first-order valence-corrected chi connectivity index (χ1v) is 7.09. The van der Waals surface area contributed by atoms with Gasteiger partial charge in [0.05, 0.1) is 10.8 Å². The Morgan fingerprint density at radius 3 is 1.26 bits per heavy atom. The molecular formula is C16H16Cl2O. The predicted molar refractivity (Wildman–Crippen MR) is 81.5 cm³/mol. The van der Waals surface area contributed by atoms with E-state index in [1.54, 1.807) is 0 Å². The molecule has 0 aliphatic carbocycles. The van der Waals surface area contributed by atoms with Gasteiger partial charge in [0.1, 0.15) is 11.5 Å². The Hall–Kier alpha value is -1.18. The third-order valence-corrected chi connectivity index (χ3v) is 3.42. The Morgan fingerprint density at radius 1 is 0.684 bits per heavy atom. The molecule has 1 nitrogen and oxygen atoms in total. The molecule has 0 aromatic heterocycles. The summed E-state index contributed by atoms with van der Waals surface area (Å²) in [5.41, 5.74) is 2.17. The van der Waals surface area contributed by atoms with Gasteiger partial charge in [0, 0.05) is 0 Å². The molecule has 0 fully saturated rings. The molecule has 2 rings (SSSR count). The van der Waals surface area contributed by atoms with Crippen LogP contribution in [0.15, 0.2) is 48.5 Å². The van der Waals surface area contributed by atoms with Crippen LogP contribution < -0.4 is 4.74 Å². The van der Waals surface area contributed by atoms with Gasteiger partial charge >= 0.3 is 0 Å². The number of rotatable bonds is 4. The van der Waals surface area contributed by atoms with Crippen molar-refractivity contribution in [3.63, 3.8) is 0 Å². The van der Waals surface area contributed by atoms with Gasteiger partial charge < -0.3 is 4.74 Å². The van der Waals surface area contributed by atoms with Gasteiger partial charge in [0.15, 0.2) is 0 Å². The minimum Gasteiger partial charge on any atom is -0.457 e. The highest BCUT2D eigenvalue weighted by atomic mass is 35.5. The molecule has 100 valence electrons. The van der Waals surface area contributed by atoms with Crippen molar-refractivity contribution in [2.45, 2.75) is 24.6 Å². The van der Waals surface area contributed by atoms with E-state index < -0.39 is 0 Å². The molecular weight excluding hydrogens is 279 g/mol. The molecule has 0 bridgehead atoms. The molecule has 0 saturated carbocycles. The normalized spacial score (nSPS) is 13.9. The summed E-state index contributed by atoms with van der Waals surface area (Å²) in [4.78, 5) is 0. The van der Waals surface area contributed by atoms with Crippen LogP contribution in [0.2, 0.25) is 0 Å². The Bertz CT molecular complexity index is 466. The summed E-state index contributed by atoms with van der Waals surface area (Å²) in [7, 11) is 0. The second-order valence-electron chi connectivity index (χ2n) is 4.47. The Kier molecular flexibility index (Phi) is 4.73. The molecule has 0 aliphatic rings. The minimum atomic E-state index is 0.0125. The summed E-state index contributed by atoms with van der Waals surface area (Å²) in [5.74, 6) is 1.60. The van der Waals surface area contributed by atoms with Gasteiger partial charge in [-0.1, -0.05) is 24.3 Å². The first-order valence-electron chi connectivity index (χ1n) is 6.22. The summed E-state index contributed by atoms with van der Waals surface area (Å²) in [6, 6.07) is 15.6. The van der Waals surface area contributed by atoms with Crippen molar-refractivity contribution in [3.05, 3.63) is 59.7 Å². The van der Waals surface area contributed by atoms with E-state index >= 15 is 0 Å². The van der Waals surface area contributed by atoms with Crippen molar-refractivity contribution in [2.75, 3.05) is 0 Å². The van der Waals surface area contributed by atoms with Gasteiger partial charge in [-0.25, -0.2) is 0 Å². The highest BCUT2D eigenvalue weighted by Crippen LogP contribution is 2.27. The molecule has 2 atom stereocenters. The summed E-state index contributed by atoms with van der Waals surface area (Å²) in [6.45, 7) is 3.90. The van der Waals surface area contributed by atoms with E-state index in [0.29, 0.717) is 0 Å². The van der Waals surface area contributed by atoms with Crippen molar-refractivity contribution < 1.29 is 4.74 Å². The summed E-state index contributed by atoms with van der Waals surface area (Å²) in [6.07, 6.45) is 0. The van der Waals surface area contributed by atoms with Crippen molar-refractivity contribution in [2.24, 2.45) is 0 Å². The molecule has 3 heteroatoms. The van der Waals surface area contributed by atoms with Gasteiger partial charge in [-0.15, -0.1) is 23.2 Å². The van der Waals surface area contributed by atoms with Crippen molar-refractivity contribution >= 4 is 23.2 Å². The van der Waals surface area contributed by atoms with Crippen LogP contribution in [0.25, 0.3) is 0 Å². The lowest BCUT2D eigenvalue weighted by Gasteiger charge is -2.09. The molecule has 2 aromatic carbocycles. The number of hydrogen-bond acceptors (Lipinski definition) is 1. The van der Waals surface area contributed by atoms with Crippen molar-refractivity contribution in [1.82, 2.24) is 0 Å². The summed E-state index contributed by atoms with van der Waals surface area (Å²) >= 11 is 12.0. The van der Waals surface area contributed by atoms with Crippen LogP contribution in [0, 0.1) is 0 Å². The van der Waals surface area contributed by atoms with E-state index in [0.717, 1.165) is 22.6 Å². The lowest BCUT2D eigenvalue weighted by Crippen LogP contribution is -1.88. The number of benzene rings is 2. The third kappa shape index (κ3) is 3.89. The SMILES string of the molecule is CC(Cl)c1ccc(Oc2ccc(C(C)Cl)cc2)cc1. The van der Waals surface area contributed by atoms with Gasteiger partial charge in [-0.05, 0) is 49.2 Å². The van der Waals surface area contributed by atoms with Crippen LogP contribution in [-0.2, 0) is 0 Å². The minimum absolute atomic E-state index is 0.0125. The predicted octanol–water partition coefficient (Wildman–Crippen LogP) is 6.08. The average Bonchev–Trinajstić information content (AvgIpc) is 2.40. The van der Waals surface area contributed by atoms with Crippen LogP contribution in [-0.4, -0.2) is 0 Å². The summed E-state index contributed by atoms with van der Waals surface area (Å²) in [5, 5.41) is 0.0251. The largest absolute Gasteiger partial charge is 0.457 e. The fourth-order valence-electron chi connectivity index (χ4n) is 1.74. The number of hydrogen-bond donors (Lipinski definition) is 0. The molecule has 0 heterocycles. The molecule has 0 amide bonds. The van der Waals surface area contributed by atoms with E-state index in [-0.39, 0.29) is 10.8 Å². The Balaban J connectivity index is 2.08. The smallest absolute Gasteiger partial charge is 0.127 e. The second kappa shape index (κ2) is 6.31. The van der Waals surface area contributed by atoms with Crippen LogP contribution in [0.1, 0.15) is 35.7 Å². The molecule has 2 aromatic rings. The molecule has 0 radical (unpaired) electrons. The first-order chi connectivity index (χ1) is 9.06. The van der Waals surface area contributed by atoms with Gasteiger partial charge in [0.2, 0.25) is 0 Å². The fraction of sp³-hybridized carbons (Fsp3) is 0.250. The quantitative estimate of drug-likeness (QED) is 0.621. The maximum atomic E-state index is 6.01. The molecule has 19 heavy (non-hydrogen) atoms. The van der Waals surface area contributed by atoms with Crippen LogP contribution in [0.4, 0.5) is 0 Å². The van der Waals surface area contributed by atoms with Gasteiger partial charge in [0.25, 0.3) is 0 Å². The molecule has 2 unspecified atom stereocenters. The average molecular weight is 295 g/mol. The zero-order valence-electron chi connectivity index (χ0n) is 10.9. The molecule has 0 spiro atoms. The number of halogens is 2. The van der Waals surface area contributed by atoms with Crippen LogP contribution in [0.3, 0.4) is 0 Å². The number of ether oxygens (including phenoxy) is 1. The van der Waals surface area contributed by atoms with E-state index in [1.807, 2.05) is 62.4 Å². The molecule has 0 aliphatic heterocycles. The molecule has 0 N–H and O–H groups in total. The first kappa shape index (κ1) is 14.2. The van der Waals surface area contributed by atoms with E-state index in [1.165, 1.54) is 0 Å². The highest BCUT2D eigenvalue weighted by molar-refractivity contribution is 6.20. The monoisotopic (exact) mass is 294 g/mol. The topological polar surface area (TPSA) is 9.23 Å². The molecule has 0 saturated heterocycles. The van der Waals surface area contributed by atoms with Crippen LogP contribution >= 0.6 is 23.2 Å². The maximum absolute atomic E-state index is 6.01. The van der Waals surface area contributed by atoms with E-state index in [2.05, 4.69) is 0 Å². The maximum Gasteiger partial charge on any atom is 0.127 e. The standard InChI is InChI=1S/C16H16Cl2O/c1-11(17)13-3-7-15(8-4-13)19-16-9-5-14(6-10-16)12(2)18/h3-12H,1-2H3. The van der Waals surface area contributed by atoms with E-state index in [4.69, 9.17) is 27.9 Å². The van der Waals surface area contributed by atoms with Crippen LogP contribution in [0.5, 0.6) is 11.5 Å². The zero-order chi connectivity index (χ0) is 13.8. The van der Waals surface area contributed by atoms with E-state index in [9.17, 15) is 0 Å².